The first-order valence-corrected chi connectivity index (χ1v) is 10.9. The molecule has 0 spiro atoms. The van der Waals surface area contributed by atoms with Crippen molar-refractivity contribution in [1.82, 2.24) is 4.90 Å². The van der Waals surface area contributed by atoms with Crippen LogP contribution in [0.5, 0.6) is 0 Å². The van der Waals surface area contributed by atoms with Crippen LogP contribution in [0.2, 0.25) is 0 Å². The third-order valence-corrected chi connectivity index (χ3v) is 5.61. The maximum atomic E-state index is 13.2. The van der Waals surface area contributed by atoms with Crippen LogP contribution in [-0.4, -0.2) is 23.7 Å². The molecule has 3 atom stereocenters. The maximum absolute atomic E-state index is 13.2. The summed E-state index contributed by atoms with van der Waals surface area (Å²) in [5, 5.41) is 7.32. The minimum absolute atomic E-state index is 0.165. The highest BCUT2D eigenvalue weighted by atomic mass is 19.1. The predicted octanol–water partition coefficient (Wildman–Crippen LogP) is 6.67. The van der Waals surface area contributed by atoms with Crippen molar-refractivity contribution in [2.45, 2.75) is 77.6 Å². The summed E-state index contributed by atoms with van der Waals surface area (Å²) >= 11 is 0. The Bertz CT molecular complexity index is 736. The number of benzene rings is 2. The fraction of sp³-hybridized carbons (Fsp3) is 0.500. The normalized spacial score (nSPS) is 18.5. The number of rotatable bonds is 10. The summed E-state index contributed by atoms with van der Waals surface area (Å²) in [4.78, 5) is 2.64. The summed E-state index contributed by atoms with van der Waals surface area (Å²) in [6.07, 6.45) is 4.74. The molecular formula is C26H35FN2. The number of hydrogen-bond acceptors (Lipinski definition) is 2. The quantitative estimate of drug-likeness (QED) is 0.450. The van der Waals surface area contributed by atoms with E-state index in [-0.39, 0.29) is 5.92 Å². The van der Waals surface area contributed by atoms with Gasteiger partial charge in [-0.25, -0.2) is 4.39 Å². The van der Waals surface area contributed by atoms with Gasteiger partial charge in [0.2, 0.25) is 0 Å². The van der Waals surface area contributed by atoms with Gasteiger partial charge >= 0.3 is 0 Å². The number of hydrogen-bond donors (Lipinski definition) is 0. The summed E-state index contributed by atoms with van der Waals surface area (Å²) in [7, 11) is 0. The molecule has 1 aliphatic carbocycles. The lowest BCUT2D eigenvalue weighted by molar-refractivity contribution is 0.173. The molecule has 1 aliphatic rings. The molecule has 29 heavy (non-hydrogen) atoms. The second-order valence-electron chi connectivity index (χ2n) is 7.88. The summed E-state index contributed by atoms with van der Waals surface area (Å²) in [5.74, 6) is 0.165. The van der Waals surface area contributed by atoms with E-state index in [9.17, 15) is 4.39 Å². The Labute approximate surface area is 176 Å². The van der Waals surface area contributed by atoms with Crippen molar-refractivity contribution in [3.63, 3.8) is 0 Å². The largest absolute Gasteiger partial charge is 0.296 e. The average Bonchev–Trinajstić information content (AvgIpc) is 3.47. The van der Waals surface area contributed by atoms with Crippen LogP contribution in [0, 0.1) is 11.3 Å². The first kappa shape index (κ1) is 23.1. The minimum atomic E-state index is -0.606. The lowest BCUT2D eigenvalue weighted by atomic mass is 9.99. The molecule has 0 N–H and O–H groups in total. The molecule has 2 aromatic rings. The van der Waals surface area contributed by atoms with E-state index in [4.69, 9.17) is 5.26 Å². The van der Waals surface area contributed by atoms with Gasteiger partial charge in [0.1, 0.15) is 6.17 Å². The number of nitrogens with zero attached hydrogens (tertiary/aromatic N) is 2. The van der Waals surface area contributed by atoms with Crippen LogP contribution in [0.15, 0.2) is 54.6 Å². The fourth-order valence-electron chi connectivity index (χ4n) is 3.91. The van der Waals surface area contributed by atoms with Gasteiger partial charge in [0.05, 0.1) is 6.07 Å². The summed E-state index contributed by atoms with van der Waals surface area (Å²) in [6, 6.07) is 21.8. The van der Waals surface area contributed by atoms with E-state index >= 15 is 0 Å². The number of halogens is 1. The molecule has 156 valence electrons. The maximum Gasteiger partial charge on any atom is 0.108 e. The highest BCUT2D eigenvalue weighted by Gasteiger charge is 2.38. The Morgan fingerprint density at radius 3 is 2.21 bits per heavy atom. The summed E-state index contributed by atoms with van der Waals surface area (Å²) < 4.78 is 13.2. The lowest BCUT2D eigenvalue weighted by Crippen LogP contribution is -2.35. The van der Waals surface area contributed by atoms with Crippen molar-refractivity contribution < 1.29 is 4.39 Å². The fourth-order valence-corrected chi connectivity index (χ4v) is 3.91. The highest BCUT2D eigenvalue weighted by Crippen LogP contribution is 2.43. The van der Waals surface area contributed by atoms with E-state index in [0.717, 1.165) is 19.5 Å². The minimum Gasteiger partial charge on any atom is -0.296 e. The molecule has 0 radical (unpaired) electrons. The second-order valence-corrected chi connectivity index (χ2v) is 7.88. The molecule has 0 bridgehead atoms. The van der Waals surface area contributed by atoms with Gasteiger partial charge in [-0.2, -0.15) is 5.26 Å². The van der Waals surface area contributed by atoms with E-state index in [1.165, 1.54) is 42.9 Å². The average molecular weight is 395 g/mol. The van der Waals surface area contributed by atoms with Gasteiger partial charge in [-0.1, -0.05) is 68.4 Å². The third-order valence-electron chi connectivity index (χ3n) is 5.61. The van der Waals surface area contributed by atoms with Gasteiger partial charge in [-0.15, -0.1) is 0 Å². The van der Waals surface area contributed by atoms with Crippen molar-refractivity contribution in [1.29, 1.82) is 5.26 Å². The number of nitriles is 1. The third kappa shape index (κ3) is 7.63. The molecule has 0 aromatic heterocycles. The van der Waals surface area contributed by atoms with Gasteiger partial charge in [0.25, 0.3) is 0 Å². The van der Waals surface area contributed by atoms with Gasteiger partial charge in [-0.05, 0) is 55.3 Å². The summed E-state index contributed by atoms with van der Waals surface area (Å²) in [5.41, 5.74) is 3.94. The Hall–Kier alpha value is -2.18. The van der Waals surface area contributed by atoms with E-state index < -0.39 is 6.17 Å². The van der Waals surface area contributed by atoms with E-state index in [0.29, 0.717) is 12.5 Å². The first-order chi connectivity index (χ1) is 14.1. The van der Waals surface area contributed by atoms with Crippen LogP contribution >= 0.6 is 0 Å². The highest BCUT2D eigenvalue weighted by molar-refractivity contribution is 5.30. The zero-order chi connectivity index (χ0) is 21.1. The Balaban J connectivity index is 0.000000941. The van der Waals surface area contributed by atoms with E-state index in [2.05, 4.69) is 73.3 Å². The molecule has 2 nitrogen and oxygen atoms in total. The van der Waals surface area contributed by atoms with Crippen LogP contribution in [-0.2, 0) is 13.0 Å². The predicted molar refractivity (Wildman–Crippen MR) is 120 cm³/mol. The monoisotopic (exact) mass is 394 g/mol. The molecule has 0 amide bonds. The molecule has 1 saturated carbocycles. The molecule has 0 saturated heterocycles. The first-order valence-electron chi connectivity index (χ1n) is 10.9. The SMILES string of the molecule is CC#N.CCCN(Cc1ccccc1)C(CC)CCc1ccc(C2CC2F)cc1. The van der Waals surface area contributed by atoms with Crippen molar-refractivity contribution in [2.75, 3.05) is 6.54 Å². The molecule has 3 unspecified atom stereocenters. The van der Waals surface area contributed by atoms with Crippen LogP contribution < -0.4 is 0 Å². The smallest absolute Gasteiger partial charge is 0.108 e. The van der Waals surface area contributed by atoms with Crippen LogP contribution in [0.1, 0.15) is 69.1 Å². The van der Waals surface area contributed by atoms with Crippen LogP contribution in [0.25, 0.3) is 0 Å². The van der Waals surface area contributed by atoms with E-state index in [1.54, 1.807) is 6.07 Å². The lowest BCUT2D eigenvalue weighted by Gasteiger charge is -2.31. The van der Waals surface area contributed by atoms with Crippen molar-refractivity contribution in [3.8, 4) is 6.07 Å². The molecule has 3 rings (SSSR count). The van der Waals surface area contributed by atoms with Crippen LogP contribution in [0.3, 0.4) is 0 Å². The van der Waals surface area contributed by atoms with Gasteiger partial charge in [-0.3, -0.25) is 4.90 Å². The second kappa shape index (κ2) is 12.4. The Morgan fingerprint density at radius 1 is 1.07 bits per heavy atom. The van der Waals surface area contributed by atoms with Crippen molar-refractivity contribution in [2.24, 2.45) is 0 Å². The van der Waals surface area contributed by atoms with E-state index in [1.807, 2.05) is 0 Å². The molecular weight excluding hydrogens is 359 g/mol. The molecule has 2 aromatic carbocycles. The number of aryl methyl sites for hydroxylation is 1. The molecule has 0 aliphatic heterocycles. The van der Waals surface area contributed by atoms with Crippen LogP contribution in [0.4, 0.5) is 4.39 Å². The zero-order valence-electron chi connectivity index (χ0n) is 18.2. The zero-order valence-corrected chi connectivity index (χ0v) is 18.2. The van der Waals surface area contributed by atoms with Gasteiger partial charge in [0.15, 0.2) is 0 Å². The van der Waals surface area contributed by atoms with Gasteiger partial charge in [0, 0.05) is 25.4 Å². The topological polar surface area (TPSA) is 27.0 Å². The summed E-state index contributed by atoms with van der Waals surface area (Å²) in [6.45, 7) is 8.17. The molecule has 3 heteroatoms. The molecule has 0 heterocycles. The number of alkyl halides is 1. The Kier molecular flexibility index (Phi) is 9.88. The van der Waals surface area contributed by atoms with Crippen molar-refractivity contribution >= 4 is 0 Å². The standard InChI is InChI=1S/C24H32FN.C2H3N/c1-3-16-26(18-20-8-6-5-7-9-20)22(4-2)15-12-19-10-13-21(14-11-19)23-17-24(23)25;1-2-3/h5-11,13-14,22-24H,3-4,12,15-18H2,1-2H3;1H3. The van der Waals surface area contributed by atoms with Crippen molar-refractivity contribution in [3.05, 3.63) is 71.3 Å². The Morgan fingerprint density at radius 2 is 1.69 bits per heavy atom. The van der Waals surface area contributed by atoms with Gasteiger partial charge < -0.3 is 0 Å². The molecule has 1 fully saturated rings.